The first-order valence-corrected chi connectivity index (χ1v) is 5.75. The molecule has 0 aliphatic carbocycles. The summed E-state index contributed by atoms with van der Waals surface area (Å²) in [4.78, 5) is 0. The van der Waals surface area contributed by atoms with Crippen LogP contribution in [-0.4, -0.2) is 0 Å². The van der Waals surface area contributed by atoms with Crippen LogP contribution in [0.15, 0.2) is 36.4 Å². The molecule has 2 nitrogen and oxygen atoms in total. The molecule has 2 aromatic rings. The summed E-state index contributed by atoms with van der Waals surface area (Å²) in [5.74, 6) is 0. The minimum absolute atomic E-state index is 0.820. The van der Waals surface area contributed by atoms with Crippen molar-refractivity contribution in [3.63, 3.8) is 0 Å². The Morgan fingerprint density at radius 1 is 0.706 bits per heavy atom. The summed E-state index contributed by atoms with van der Waals surface area (Å²) >= 11 is 0. The molecule has 0 fully saturated rings. The molecule has 0 unspecified atom stereocenters. The Kier molecular flexibility index (Phi) is 3.05. The van der Waals surface area contributed by atoms with Crippen molar-refractivity contribution in [3.8, 4) is 0 Å². The molecule has 17 heavy (non-hydrogen) atoms. The van der Waals surface area contributed by atoms with Crippen molar-refractivity contribution in [2.45, 2.75) is 20.3 Å². The number of nitrogens with two attached hydrogens (primary N) is 2. The Morgan fingerprint density at radius 3 is 1.47 bits per heavy atom. The average molecular weight is 226 g/mol. The quantitative estimate of drug-likeness (QED) is 0.773. The molecule has 0 bridgehead atoms. The predicted molar refractivity (Wildman–Crippen MR) is 74.0 cm³/mol. The molecule has 0 heterocycles. The number of nitrogen functional groups attached to an aromatic ring is 2. The van der Waals surface area contributed by atoms with E-state index in [1.807, 2.05) is 24.3 Å². The summed E-state index contributed by atoms with van der Waals surface area (Å²) in [6.45, 7) is 4.12. The molecule has 0 saturated heterocycles. The Bertz CT molecular complexity index is 455. The average Bonchev–Trinajstić information content (AvgIpc) is 2.13. The van der Waals surface area contributed by atoms with Gasteiger partial charge < -0.3 is 11.5 Å². The molecular formula is C15H18N2. The zero-order valence-corrected chi connectivity index (χ0v) is 10.3. The smallest absolute Gasteiger partial charge is 0.0319 e. The van der Waals surface area contributed by atoms with Gasteiger partial charge in [-0.05, 0) is 66.8 Å². The van der Waals surface area contributed by atoms with Crippen molar-refractivity contribution in [1.82, 2.24) is 0 Å². The first kappa shape index (κ1) is 11.5. The summed E-state index contributed by atoms with van der Waals surface area (Å²) < 4.78 is 0. The SMILES string of the molecule is Cc1cc(N)cc(Cc2cc(C)cc(N)c2)c1. The largest absolute Gasteiger partial charge is 0.399 e. The van der Waals surface area contributed by atoms with Crippen LogP contribution in [0.4, 0.5) is 11.4 Å². The zero-order valence-electron chi connectivity index (χ0n) is 10.3. The topological polar surface area (TPSA) is 52.0 Å². The molecule has 0 amide bonds. The maximum Gasteiger partial charge on any atom is 0.0319 e. The lowest BCUT2D eigenvalue weighted by Gasteiger charge is -2.07. The van der Waals surface area contributed by atoms with Gasteiger partial charge in [-0.3, -0.25) is 0 Å². The Hall–Kier alpha value is -1.96. The molecule has 2 aromatic carbocycles. The number of benzene rings is 2. The van der Waals surface area contributed by atoms with E-state index >= 15 is 0 Å². The fourth-order valence-corrected chi connectivity index (χ4v) is 2.23. The Morgan fingerprint density at radius 2 is 1.12 bits per heavy atom. The van der Waals surface area contributed by atoms with E-state index in [4.69, 9.17) is 11.5 Å². The van der Waals surface area contributed by atoms with E-state index in [2.05, 4.69) is 26.0 Å². The van der Waals surface area contributed by atoms with Crippen LogP contribution in [0.5, 0.6) is 0 Å². The summed E-state index contributed by atoms with van der Waals surface area (Å²) in [5, 5.41) is 0. The summed E-state index contributed by atoms with van der Waals surface area (Å²) in [6.07, 6.45) is 0.873. The molecule has 0 aromatic heterocycles. The van der Waals surface area contributed by atoms with E-state index in [1.54, 1.807) is 0 Å². The summed E-state index contributed by atoms with van der Waals surface area (Å²) in [6, 6.07) is 12.3. The van der Waals surface area contributed by atoms with Crippen LogP contribution in [-0.2, 0) is 6.42 Å². The third-order valence-corrected chi connectivity index (χ3v) is 2.73. The lowest BCUT2D eigenvalue weighted by molar-refractivity contribution is 1.17. The van der Waals surface area contributed by atoms with Crippen molar-refractivity contribution in [3.05, 3.63) is 58.7 Å². The van der Waals surface area contributed by atoms with Crippen molar-refractivity contribution < 1.29 is 0 Å². The second-order valence-electron chi connectivity index (χ2n) is 4.68. The van der Waals surface area contributed by atoms with Crippen LogP contribution in [0.1, 0.15) is 22.3 Å². The second kappa shape index (κ2) is 4.50. The van der Waals surface area contributed by atoms with Crippen LogP contribution < -0.4 is 11.5 Å². The predicted octanol–water partition coefficient (Wildman–Crippen LogP) is 3.06. The number of rotatable bonds is 2. The number of aryl methyl sites for hydroxylation is 2. The molecule has 0 saturated carbocycles. The van der Waals surface area contributed by atoms with Crippen molar-refractivity contribution in [1.29, 1.82) is 0 Å². The van der Waals surface area contributed by atoms with Crippen LogP contribution in [0, 0.1) is 13.8 Å². The lowest BCUT2D eigenvalue weighted by Crippen LogP contribution is -1.95. The van der Waals surface area contributed by atoms with Gasteiger partial charge in [0.25, 0.3) is 0 Å². The minimum atomic E-state index is 0.820. The molecule has 88 valence electrons. The highest BCUT2D eigenvalue weighted by molar-refractivity contribution is 5.48. The molecule has 2 rings (SSSR count). The fraction of sp³-hybridized carbons (Fsp3) is 0.200. The van der Waals surface area contributed by atoms with Crippen LogP contribution >= 0.6 is 0 Å². The maximum absolute atomic E-state index is 5.85. The van der Waals surface area contributed by atoms with Crippen molar-refractivity contribution in [2.24, 2.45) is 0 Å². The third kappa shape index (κ3) is 3.00. The second-order valence-corrected chi connectivity index (χ2v) is 4.68. The van der Waals surface area contributed by atoms with Gasteiger partial charge in [-0.1, -0.05) is 12.1 Å². The number of hydrogen-bond donors (Lipinski definition) is 2. The van der Waals surface area contributed by atoms with E-state index in [1.165, 1.54) is 22.3 Å². The highest BCUT2D eigenvalue weighted by Gasteiger charge is 2.00. The molecular weight excluding hydrogens is 208 g/mol. The van der Waals surface area contributed by atoms with Crippen LogP contribution in [0.2, 0.25) is 0 Å². The van der Waals surface area contributed by atoms with E-state index in [0.29, 0.717) is 0 Å². The molecule has 4 N–H and O–H groups in total. The normalized spacial score (nSPS) is 10.5. The summed E-state index contributed by atoms with van der Waals surface area (Å²) in [7, 11) is 0. The lowest BCUT2D eigenvalue weighted by atomic mass is 10.0. The number of anilines is 2. The van der Waals surface area contributed by atoms with Gasteiger partial charge in [0.1, 0.15) is 0 Å². The molecule has 0 aliphatic rings. The Balaban J connectivity index is 2.31. The van der Waals surface area contributed by atoms with Crippen LogP contribution in [0.25, 0.3) is 0 Å². The first-order valence-electron chi connectivity index (χ1n) is 5.75. The van der Waals surface area contributed by atoms with Gasteiger partial charge in [0.2, 0.25) is 0 Å². The monoisotopic (exact) mass is 226 g/mol. The van der Waals surface area contributed by atoms with E-state index in [9.17, 15) is 0 Å². The van der Waals surface area contributed by atoms with Crippen molar-refractivity contribution in [2.75, 3.05) is 11.5 Å². The third-order valence-electron chi connectivity index (χ3n) is 2.73. The van der Waals surface area contributed by atoms with Crippen molar-refractivity contribution >= 4 is 11.4 Å². The molecule has 0 radical (unpaired) electrons. The van der Waals surface area contributed by atoms with Gasteiger partial charge in [0.15, 0.2) is 0 Å². The Labute approximate surface area is 102 Å². The van der Waals surface area contributed by atoms with Gasteiger partial charge in [0, 0.05) is 11.4 Å². The molecule has 0 aliphatic heterocycles. The van der Waals surface area contributed by atoms with Gasteiger partial charge >= 0.3 is 0 Å². The molecule has 0 atom stereocenters. The van der Waals surface area contributed by atoms with Gasteiger partial charge in [0.05, 0.1) is 0 Å². The highest BCUT2D eigenvalue weighted by Crippen LogP contribution is 2.18. The van der Waals surface area contributed by atoms with Gasteiger partial charge in [-0.15, -0.1) is 0 Å². The van der Waals surface area contributed by atoms with Gasteiger partial charge in [-0.2, -0.15) is 0 Å². The van der Waals surface area contributed by atoms with Gasteiger partial charge in [-0.25, -0.2) is 0 Å². The van der Waals surface area contributed by atoms with E-state index in [0.717, 1.165) is 17.8 Å². The minimum Gasteiger partial charge on any atom is -0.399 e. The van der Waals surface area contributed by atoms with Crippen LogP contribution in [0.3, 0.4) is 0 Å². The standard InChI is InChI=1S/C15H18N2/c1-10-3-12(8-14(16)5-10)7-13-4-11(2)6-15(17)9-13/h3-6,8-9H,7,16-17H2,1-2H3. The maximum atomic E-state index is 5.85. The van der Waals surface area contributed by atoms with E-state index < -0.39 is 0 Å². The highest BCUT2D eigenvalue weighted by atomic mass is 14.5. The van der Waals surface area contributed by atoms with E-state index in [-0.39, 0.29) is 0 Å². The summed E-state index contributed by atoms with van der Waals surface area (Å²) in [5.41, 5.74) is 18.2. The fourth-order valence-electron chi connectivity index (χ4n) is 2.23. The first-order chi connectivity index (χ1) is 8.02. The molecule has 0 spiro atoms. The molecule has 2 heteroatoms. The zero-order chi connectivity index (χ0) is 12.4. The number of hydrogen-bond acceptors (Lipinski definition) is 2.